The summed E-state index contributed by atoms with van der Waals surface area (Å²) < 4.78 is 64.3. The normalized spacial score (nSPS) is 22.8. The summed E-state index contributed by atoms with van der Waals surface area (Å²) in [6.07, 6.45) is 0.699. The summed E-state index contributed by atoms with van der Waals surface area (Å²) in [4.78, 5) is -0.894. The molecule has 0 unspecified atom stereocenters. The van der Waals surface area contributed by atoms with Gasteiger partial charge in [0.1, 0.15) is 11.6 Å². The van der Waals surface area contributed by atoms with E-state index in [1.807, 2.05) is 0 Å². The molecule has 0 N–H and O–H groups in total. The predicted molar refractivity (Wildman–Crippen MR) is 69.0 cm³/mol. The highest BCUT2D eigenvalue weighted by molar-refractivity contribution is 7.89. The molecule has 3 rings (SSSR count). The number of hydrogen-bond acceptors (Lipinski definition) is 4. The van der Waals surface area contributed by atoms with Gasteiger partial charge in [0.05, 0.1) is 13.2 Å². The van der Waals surface area contributed by atoms with Crippen LogP contribution < -0.4 is 0 Å². The van der Waals surface area contributed by atoms with Crippen LogP contribution in [-0.4, -0.2) is 44.8 Å². The molecule has 1 aromatic rings. The van der Waals surface area contributed by atoms with Crippen LogP contribution in [0.1, 0.15) is 12.8 Å². The summed E-state index contributed by atoms with van der Waals surface area (Å²) in [5.41, 5.74) is 0. The Balaban J connectivity index is 1.84. The molecule has 5 nitrogen and oxygen atoms in total. The zero-order valence-electron chi connectivity index (χ0n) is 11.2. The molecule has 8 heteroatoms. The molecule has 0 aliphatic carbocycles. The number of halogens is 2. The number of sulfonamides is 1. The van der Waals surface area contributed by atoms with Crippen molar-refractivity contribution in [3.05, 3.63) is 29.8 Å². The maximum Gasteiger partial charge on any atom is 0.248 e. The molecule has 2 saturated heterocycles. The van der Waals surface area contributed by atoms with Gasteiger partial charge in [-0.2, -0.15) is 4.31 Å². The van der Waals surface area contributed by atoms with Gasteiger partial charge < -0.3 is 9.47 Å². The lowest BCUT2D eigenvalue weighted by Gasteiger charge is -2.36. The SMILES string of the molecule is O=S(=O)(c1c(F)cccc1F)N1CCC2(CC1)OCCO2. The Morgan fingerprint density at radius 2 is 1.57 bits per heavy atom. The summed E-state index contributed by atoms with van der Waals surface area (Å²) >= 11 is 0. The Kier molecular flexibility index (Phi) is 3.73. The third-order valence-corrected chi connectivity index (χ3v) is 5.77. The van der Waals surface area contributed by atoms with E-state index in [4.69, 9.17) is 9.47 Å². The van der Waals surface area contributed by atoms with Gasteiger partial charge in [-0.1, -0.05) is 6.07 Å². The Morgan fingerprint density at radius 1 is 1.05 bits per heavy atom. The summed E-state index contributed by atoms with van der Waals surface area (Å²) in [5.74, 6) is -2.90. The number of nitrogens with zero attached hydrogens (tertiary/aromatic N) is 1. The zero-order chi connectivity index (χ0) is 15.1. The molecule has 1 spiro atoms. The van der Waals surface area contributed by atoms with Crippen molar-refractivity contribution in [2.75, 3.05) is 26.3 Å². The average Bonchev–Trinajstić information content (AvgIpc) is 2.87. The van der Waals surface area contributed by atoms with E-state index in [1.165, 1.54) is 0 Å². The van der Waals surface area contributed by atoms with Crippen molar-refractivity contribution in [2.24, 2.45) is 0 Å². The van der Waals surface area contributed by atoms with Gasteiger partial charge >= 0.3 is 0 Å². The van der Waals surface area contributed by atoms with E-state index in [2.05, 4.69) is 0 Å². The van der Waals surface area contributed by atoms with Crippen LogP contribution in [0, 0.1) is 11.6 Å². The van der Waals surface area contributed by atoms with Crippen LogP contribution in [0.2, 0.25) is 0 Å². The highest BCUT2D eigenvalue weighted by atomic mass is 32.2. The second-order valence-corrected chi connectivity index (χ2v) is 6.94. The highest BCUT2D eigenvalue weighted by Gasteiger charge is 2.43. The number of rotatable bonds is 2. The van der Waals surface area contributed by atoms with Crippen molar-refractivity contribution in [1.29, 1.82) is 0 Å². The summed E-state index contributed by atoms with van der Waals surface area (Å²) in [5, 5.41) is 0. The molecule has 0 atom stereocenters. The van der Waals surface area contributed by atoms with Crippen molar-refractivity contribution in [1.82, 2.24) is 4.31 Å². The minimum absolute atomic E-state index is 0.107. The molecule has 21 heavy (non-hydrogen) atoms. The fourth-order valence-electron chi connectivity index (χ4n) is 2.71. The molecule has 0 radical (unpaired) electrons. The van der Waals surface area contributed by atoms with E-state index in [-0.39, 0.29) is 13.1 Å². The second-order valence-electron chi connectivity index (χ2n) is 5.06. The number of piperidine rings is 1. The lowest BCUT2D eigenvalue weighted by atomic mass is 10.1. The smallest absolute Gasteiger partial charge is 0.248 e. The first kappa shape index (κ1) is 14.8. The first-order chi connectivity index (χ1) is 9.95. The van der Waals surface area contributed by atoms with Gasteiger partial charge in [0, 0.05) is 25.9 Å². The van der Waals surface area contributed by atoms with Crippen molar-refractivity contribution in [2.45, 2.75) is 23.5 Å². The first-order valence-electron chi connectivity index (χ1n) is 6.67. The van der Waals surface area contributed by atoms with E-state index in [1.54, 1.807) is 0 Å². The molecular formula is C13H15F2NO4S. The molecular weight excluding hydrogens is 304 g/mol. The van der Waals surface area contributed by atoms with Crippen LogP contribution in [0.5, 0.6) is 0 Å². The molecule has 0 aromatic heterocycles. The fourth-order valence-corrected chi connectivity index (χ4v) is 4.26. The van der Waals surface area contributed by atoms with Crippen molar-refractivity contribution < 1.29 is 26.7 Å². The molecule has 2 fully saturated rings. The molecule has 0 amide bonds. The Labute approximate surface area is 121 Å². The van der Waals surface area contributed by atoms with Crippen LogP contribution in [0.15, 0.2) is 23.1 Å². The molecule has 1 aromatic carbocycles. The van der Waals surface area contributed by atoms with Crippen LogP contribution in [-0.2, 0) is 19.5 Å². The molecule has 2 heterocycles. The maximum atomic E-state index is 13.7. The minimum Gasteiger partial charge on any atom is -0.347 e. The van der Waals surface area contributed by atoms with Gasteiger partial charge in [-0.15, -0.1) is 0 Å². The zero-order valence-corrected chi connectivity index (χ0v) is 12.0. The largest absolute Gasteiger partial charge is 0.347 e. The van der Waals surface area contributed by atoms with Crippen LogP contribution in [0.3, 0.4) is 0 Å². The van der Waals surface area contributed by atoms with E-state index in [9.17, 15) is 17.2 Å². The van der Waals surface area contributed by atoms with Gasteiger partial charge in [-0.05, 0) is 12.1 Å². The Morgan fingerprint density at radius 3 is 2.10 bits per heavy atom. The number of benzene rings is 1. The van der Waals surface area contributed by atoms with Gasteiger partial charge in [0.15, 0.2) is 10.7 Å². The topological polar surface area (TPSA) is 55.8 Å². The van der Waals surface area contributed by atoms with Crippen molar-refractivity contribution in [3.8, 4) is 0 Å². The van der Waals surface area contributed by atoms with E-state index >= 15 is 0 Å². The van der Waals surface area contributed by atoms with Crippen molar-refractivity contribution in [3.63, 3.8) is 0 Å². The fraction of sp³-hybridized carbons (Fsp3) is 0.538. The van der Waals surface area contributed by atoms with Crippen LogP contribution in [0.25, 0.3) is 0 Å². The van der Waals surface area contributed by atoms with Gasteiger partial charge in [-0.3, -0.25) is 0 Å². The first-order valence-corrected chi connectivity index (χ1v) is 8.11. The Bertz CT molecular complexity index is 613. The van der Waals surface area contributed by atoms with Gasteiger partial charge in [0.25, 0.3) is 0 Å². The average molecular weight is 319 g/mol. The predicted octanol–water partition coefficient (Wildman–Crippen LogP) is 1.49. The summed E-state index contributed by atoms with van der Waals surface area (Å²) in [7, 11) is -4.20. The third kappa shape index (κ3) is 2.57. The number of hydrogen-bond donors (Lipinski definition) is 0. The molecule has 0 saturated carbocycles. The molecule has 116 valence electrons. The quantitative estimate of drug-likeness (QED) is 0.829. The number of ether oxygens (including phenoxy) is 2. The Hall–Kier alpha value is -1.09. The summed E-state index contributed by atoms with van der Waals surface area (Å²) in [6, 6.07) is 3.00. The second kappa shape index (κ2) is 5.28. The minimum atomic E-state index is -4.20. The van der Waals surface area contributed by atoms with E-state index in [0.717, 1.165) is 22.5 Å². The standard InChI is InChI=1S/C13H15F2NO4S/c14-10-2-1-3-11(15)12(10)21(17,18)16-6-4-13(5-7-16)19-8-9-20-13/h1-3H,4-9H2. The van der Waals surface area contributed by atoms with E-state index < -0.39 is 32.3 Å². The monoisotopic (exact) mass is 319 g/mol. The highest BCUT2D eigenvalue weighted by Crippen LogP contribution is 2.34. The third-order valence-electron chi connectivity index (χ3n) is 3.81. The lowest BCUT2D eigenvalue weighted by Crippen LogP contribution is -2.47. The lowest BCUT2D eigenvalue weighted by molar-refractivity contribution is -0.179. The maximum absolute atomic E-state index is 13.7. The van der Waals surface area contributed by atoms with Gasteiger partial charge in [-0.25, -0.2) is 17.2 Å². The van der Waals surface area contributed by atoms with Crippen LogP contribution >= 0.6 is 0 Å². The molecule has 2 aliphatic heterocycles. The molecule has 0 bridgehead atoms. The van der Waals surface area contributed by atoms with E-state index in [0.29, 0.717) is 26.1 Å². The summed E-state index contributed by atoms with van der Waals surface area (Å²) in [6.45, 7) is 1.18. The van der Waals surface area contributed by atoms with Crippen molar-refractivity contribution >= 4 is 10.0 Å². The van der Waals surface area contributed by atoms with Crippen LogP contribution in [0.4, 0.5) is 8.78 Å². The molecule has 2 aliphatic rings. The van der Waals surface area contributed by atoms with Gasteiger partial charge in [0.2, 0.25) is 10.0 Å².